The molecule has 5 rings (SSSR count). The van der Waals surface area contributed by atoms with Crippen LogP contribution in [0, 0.1) is 5.92 Å². The van der Waals surface area contributed by atoms with Gasteiger partial charge in [0.05, 0.1) is 5.60 Å². The van der Waals surface area contributed by atoms with Crippen LogP contribution in [0.5, 0.6) is 5.75 Å². The monoisotopic (exact) mass is 466 g/mol. The number of hydrogen-bond donors (Lipinski definition) is 1. The molecule has 2 nitrogen and oxygen atoms in total. The van der Waals surface area contributed by atoms with Gasteiger partial charge in [-0.05, 0) is 90.8 Å². The van der Waals surface area contributed by atoms with Crippen LogP contribution in [0.4, 0.5) is 0 Å². The van der Waals surface area contributed by atoms with Crippen molar-refractivity contribution in [2.24, 2.45) is 5.92 Å². The van der Waals surface area contributed by atoms with Crippen LogP contribution < -0.4 is 4.74 Å². The Balaban J connectivity index is 1.42. The van der Waals surface area contributed by atoms with Crippen LogP contribution >= 0.6 is 0 Å². The van der Waals surface area contributed by atoms with Gasteiger partial charge in [0.25, 0.3) is 0 Å². The number of aliphatic hydroxyl groups is 1. The standard InChI is InChI=1S/C33H38O2/c1-3-18-32(34)19-20-33(22-26-8-6-5-7-9-26)29(23-32)15-14-28-21-30(16-17-31(28)33)35-24-27-12-10-25(4-2)11-13-27/h4-13,16-17,21,29,34H,2-3,14-15,18-20,22-24H2,1H3/t29-,32?,33+/m1/s1. The molecule has 35 heavy (non-hydrogen) atoms. The molecule has 1 N–H and O–H groups in total. The maximum absolute atomic E-state index is 11.4. The third-order valence-electron chi connectivity index (χ3n) is 8.52. The molecule has 2 aliphatic carbocycles. The minimum Gasteiger partial charge on any atom is -0.489 e. The molecule has 0 aromatic heterocycles. The molecule has 2 aliphatic rings. The molecule has 0 spiro atoms. The summed E-state index contributed by atoms with van der Waals surface area (Å²) in [6.45, 7) is 6.58. The smallest absolute Gasteiger partial charge is 0.120 e. The second kappa shape index (κ2) is 10.0. The summed E-state index contributed by atoms with van der Waals surface area (Å²) in [5, 5.41) is 11.4. The Morgan fingerprint density at radius 3 is 2.54 bits per heavy atom. The average Bonchev–Trinajstić information content (AvgIpc) is 2.89. The van der Waals surface area contributed by atoms with Crippen molar-refractivity contribution in [3.05, 3.63) is 107 Å². The van der Waals surface area contributed by atoms with Crippen molar-refractivity contribution < 1.29 is 9.84 Å². The third kappa shape index (κ3) is 4.95. The van der Waals surface area contributed by atoms with Crippen LogP contribution in [-0.2, 0) is 24.9 Å². The van der Waals surface area contributed by atoms with Crippen molar-refractivity contribution in [3.8, 4) is 5.75 Å². The molecule has 0 saturated heterocycles. The number of hydrogen-bond acceptors (Lipinski definition) is 2. The average molecular weight is 467 g/mol. The minimum absolute atomic E-state index is 0.0912. The maximum atomic E-state index is 11.4. The van der Waals surface area contributed by atoms with Gasteiger partial charge in [-0.2, -0.15) is 0 Å². The van der Waals surface area contributed by atoms with E-state index in [9.17, 15) is 5.11 Å². The Bertz CT molecular complexity index is 1150. The van der Waals surface area contributed by atoms with E-state index in [0.717, 1.165) is 68.2 Å². The number of benzene rings is 3. The SMILES string of the molecule is C=Cc1ccc(COc2ccc3c(c2)CC[C@@H]2CC(O)(CCC)CC[C@@]32Cc2ccccc2)cc1. The fourth-order valence-corrected chi connectivity index (χ4v) is 6.73. The predicted octanol–water partition coefficient (Wildman–Crippen LogP) is 7.67. The van der Waals surface area contributed by atoms with Crippen molar-refractivity contribution >= 4 is 6.08 Å². The lowest BCUT2D eigenvalue weighted by Gasteiger charge is -2.53. The summed E-state index contributed by atoms with van der Waals surface area (Å²) in [5.74, 6) is 1.46. The molecular formula is C33H38O2. The van der Waals surface area contributed by atoms with Crippen LogP contribution in [0.15, 0.2) is 79.4 Å². The quantitative estimate of drug-likeness (QED) is 0.369. The Hall–Kier alpha value is -2.84. The molecule has 0 radical (unpaired) electrons. The Morgan fingerprint density at radius 2 is 1.80 bits per heavy atom. The molecule has 3 atom stereocenters. The molecule has 0 bridgehead atoms. The first-order chi connectivity index (χ1) is 17.0. The van der Waals surface area contributed by atoms with Gasteiger partial charge < -0.3 is 9.84 Å². The maximum Gasteiger partial charge on any atom is 0.120 e. The molecular weight excluding hydrogens is 428 g/mol. The first kappa shape index (κ1) is 23.9. The predicted molar refractivity (Wildman–Crippen MR) is 145 cm³/mol. The van der Waals surface area contributed by atoms with E-state index in [1.807, 2.05) is 6.08 Å². The second-order valence-corrected chi connectivity index (χ2v) is 10.8. The Morgan fingerprint density at radius 1 is 1.00 bits per heavy atom. The third-order valence-corrected chi connectivity index (χ3v) is 8.52. The summed E-state index contributed by atoms with van der Waals surface area (Å²) >= 11 is 0. The molecule has 1 saturated carbocycles. The van der Waals surface area contributed by atoms with Crippen molar-refractivity contribution in [1.29, 1.82) is 0 Å². The number of rotatable bonds is 8. The van der Waals surface area contributed by atoms with Gasteiger partial charge in [0.1, 0.15) is 12.4 Å². The molecule has 1 unspecified atom stereocenters. The summed E-state index contributed by atoms with van der Waals surface area (Å²) in [7, 11) is 0. The van der Waals surface area contributed by atoms with E-state index < -0.39 is 5.60 Å². The van der Waals surface area contributed by atoms with Crippen LogP contribution in [0.1, 0.15) is 73.3 Å². The molecule has 182 valence electrons. The highest BCUT2D eigenvalue weighted by Crippen LogP contribution is 2.55. The van der Waals surface area contributed by atoms with Gasteiger partial charge in [-0.25, -0.2) is 0 Å². The van der Waals surface area contributed by atoms with E-state index in [1.165, 1.54) is 16.7 Å². The first-order valence-corrected chi connectivity index (χ1v) is 13.3. The number of fused-ring (bicyclic) bond motifs is 3. The van der Waals surface area contributed by atoms with Crippen molar-refractivity contribution in [2.45, 2.75) is 75.9 Å². The Labute approximate surface area is 210 Å². The van der Waals surface area contributed by atoms with Crippen LogP contribution in [0.25, 0.3) is 6.08 Å². The lowest BCUT2D eigenvalue weighted by atomic mass is 9.52. The molecule has 0 heterocycles. The highest BCUT2D eigenvalue weighted by atomic mass is 16.5. The number of aryl methyl sites for hydroxylation is 1. The lowest BCUT2D eigenvalue weighted by Crippen LogP contribution is -2.51. The Kier molecular flexibility index (Phi) is 6.84. The molecule has 3 aromatic carbocycles. The highest BCUT2D eigenvalue weighted by Gasteiger charge is 2.51. The zero-order valence-electron chi connectivity index (χ0n) is 21.0. The highest BCUT2D eigenvalue weighted by molar-refractivity contribution is 5.47. The summed E-state index contributed by atoms with van der Waals surface area (Å²) < 4.78 is 6.22. The van der Waals surface area contributed by atoms with Gasteiger partial charge in [0.2, 0.25) is 0 Å². The van der Waals surface area contributed by atoms with Crippen molar-refractivity contribution in [2.75, 3.05) is 0 Å². The molecule has 3 aromatic rings. The van der Waals surface area contributed by atoms with E-state index in [-0.39, 0.29) is 5.41 Å². The van der Waals surface area contributed by atoms with Crippen molar-refractivity contribution in [3.63, 3.8) is 0 Å². The van der Waals surface area contributed by atoms with Gasteiger partial charge >= 0.3 is 0 Å². The molecule has 0 aliphatic heterocycles. The van der Waals surface area contributed by atoms with Gasteiger partial charge in [0, 0.05) is 5.41 Å². The van der Waals surface area contributed by atoms with E-state index in [2.05, 4.69) is 86.3 Å². The van der Waals surface area contributed by atoms with Crippen LogP contribution in [-0.4, -0.2) is 10.7 Å². The van der Waals surface area contributed by atoms with Gasteiger partial charge in [-0.3, -0.25) is 0 Å². The normalized spacial score (nSPS) is 25.4. The molecule has 2 heteroatoms. The zero-order chi connectivity index (χ0) is 24.3. The fraction of sp³-hybridized carbons (Fsp3) is 0.394. The minimum atomic E-state index is -0.499. The second-order valence-electron chi connectivity index (χ2n) is 10.8. The zero-order valence-corrected chi connectivity index (χ0v) is 21.0. The summed E-state index contributed by atoms with van der Waals surface area (Å²) in [6.07, 6.45) is 9.92. The molecule has 0 amide bonds. The largest absolute Gasteiger partial charge is 0.489 e. The fourth-order valence-electron chi connectivity index (χ4n) is 6.73. The van der Waals surface area contributed by atoms with E-state index in [1.54, 1.807) is 0 Å². The number of ether oxygens (including phenoxy) is 1. The van der Waals surface area contributed by atoms with E-state index in [0.29, 0.717) is 12.5 Å². The van der Waals surface area contributed by atoms with E-state index in [4.69, 9.17) is 4.74 Å². The first-order valence-electron chi connectivity index (χ1n) is 13.3. The van der Waals surface area contributed by atoms with Gasteiger partial charge in [-0.15, -0.1) is 0 Å². The van der Waals surface area contributed by atoms with Crippen LogP contribution in [0.3, 0.4) is 0 Å². The summed E-state index contributed by atoms with van der Waals surface area (Å²) in [4.78, 5) is 0. The van der Waals surface area contributed by atoms with Gasteiger partial charge in [0.15, 0.2) is 0 Å². The van der Waals surface area contributed by atoms with E-state index >= 15 is 0 Å². The summed E-state index contributed by atoms with van der Waals surface area (Å²) in [5.41, 5.74) is 6.19. The van der Waals surface area contributed by atoms with Gasteiger partial charge in [-0.1, -0.05) is 86.7 Å². The lowest BCUT2D eigenvalue weighted by molar-refractivity contribution is -0.0565. The molecule has 1 fully saturated rings. The van der Waals surface area contributed by atoms with Crippen LogP contribution in [0.2, 0.25) is 0 Å². The van der Waals surface area contributed by atoms with Crippen molar-refractivity contribution in [1.82, 2.24) is 0 Å². The topological polar surface area (TPSA) is 29.5 Å². The summed E-state index contributed by atoms with van der Waals surface area (Å²) in [6, 6.07) is 26.1.